The molecule has 1 aromatic carbocycles. The first-order chi connectivity index (χ1) is 6.66. The molecule has 5 heteroatoms. The molecule has 0 aliphatic carbocycles. The number of nitrogens with zero attached hydrogens (tertiary/aromatic N) is 3. The van der Waals surface area contributed by atoms with E-state index in [0.29, 0.717) is 11.4 Å². The van der Waals surface area contributed by atoms with Gasteiger partial charge in [0.05, 0.1) is 5.02 Å². The Morgan fingerprint density at radius 2 is 2.21 bits per heavy atom. The highest BCUT2D eigenvalue weighted by Crippen LogP contribution is 2.21. The maximum Gasteiger partial charge on any atom is 0.181 e. The summed E-state index contributed by atoms with van der Waals surface area (Å²) in [6.07, 6.45) is 1.58. The highest BCUT2D eigenvalue weighted by atomic mass is 35.5. The second-order valence-electron chi connectivity index (χ2n) is 2.87. The number of aromatic nitrogens is 3. The van der Waals surface area contributed by atoms with Gasteiger partial charge >= 0.3 is 0 Å². The molecule has 1 aromatic heterocycles. The molecule has 0 atom stereocenters. The van der Waals surface area contributed by atoms with Crippen molar-refractivity contribution < 1.29 is 4.39 Å². The molecule has 0 saturated heterocycles. The van der Waals surface area contributed by atoms with E-state index in [9.17, 15) is 4.39 Å². The summed E-state index contributed by atoms with van der Waals surface area (Å²) in [5.74, 6) is 0.0979. The van der Waals surface area contributed by atoms with Gasteiger partial charge in [-0.1, -0.05) is 11.6 Å². The summed E-state index contributed by atoms with van der Waals surface area (Å²) in [5.41, 5.74) is 0.706. The molecule has 0 aliphatic rings. The van der Waals surface area contributed by atoms with Crippen LogP contribution < -0.4 is 0 Å². The zero-order valence-electron chi connectivity index (χ0n) is 7.41. The number of halogens is 2. The smallest absolute Gasteiger partial charge is 0.181 e. The van der Waals surface area contributed by atoms with E-state index in [2.05, 4.69) is 10.1 Å². The highest BCUT2D eigenvalue weighted by Gasteiger charge is 2.06. The maximum atomic E-state index is 12.8. The van der Waals surface area contributed by atoms with E-state index in [4.69, 9.17) is 11.6 Å². The summed E-state index contributed by atoms with van der Waals surface area (Å²) in [6, 6.07) is 4.40. The summed E-state index contributed by atoms with van der Waals surface area (Å²) in [4.78, 5) is 4.03. The Hall–Kier alpha value is -1.42. The fourth-order valence-electron chi connectivity index (χ4n) is 1.11. The minimum atomic E-state index is -0.439. The number of hydrogen-bond donors (Lipinski definition) is 0. The normalized spacial score (nSPS) is 10.5. The van der Waals surface area contributed by atoms with Gasteiger partial charge in [0.1, 0.15) is 12.1 Å². The zero-order valence-corrected chi connectivity index (χ0v) is 8.16. The molecular formula is C9H7ClFN3. The van der Waals surface area contributed by atoms with Crippen LogP contribution in [0.5, 0.6) is 0 Å². The molecule has 72 valence electrons. The minimum absolute atomic E-state index is 0.0787. The Bertz CT molecular complexity index is 467. The van der Waals surface area contributed by atoms with Crippen LogP contribution in [0.3, 0.4) is 0 Å². The summed E-state index contributed by atoms with van der Waals surface area (Å²) < 4.78 is 14.4. The van der Waals surface area contributed by atoms with Gasteiger partial charge in [-0.25, -0.2) is 9.37 Å². The van der Waals surface area contributed by atoms with Gasteiger partial charge in [0.25, 0.3) is 0 Å². The number of aryl methyl sites for hydroxylation is 1. The summed E-state index contributed by atoms with van der Waals surface area (Å²) in [6.45, 7) is 0. The molecule has 0 bridgehead atoms. The average Bonchev–Trinajstić information content (AvgIpc) is 2.57. The van der Waals surface area contributed by atoms with Crippen LogP contribution in [0.2, 0.25) is 5.02 Å². The van der Waals surface area contributed by atoms with Gasteiger partial charge in [0.15, 0.2) is 5.82 Å². The Balaban J connectivity index is 2.47. The van der Waals surface area contributed by atoms with Gasteiger partial charge < -0.3 is 0 Å². The molecule has 0 spiro atoms. The van der Waals surface area contributed by atoms with Crippen LogP contribution in [0, 0.1) is 5.82 Å². The van der Waals surface area contributed by atoms with Crippen LogP contribution in [-0.4, -0.2) is 14.8 Å². The Labute approximate surface area is 85.1 Å². The average molecular weight is 212 g/mol. The monoisotopic (exact) mass is 211 g/mol. The first-order valence-electron chi connectivity index (χ1n) is 3.98. The molecule has 0 saturated carbocycles. The number of hydrogen-bond acceptors (Lipinski definition) is 2. The van der Waals surface area contributed by atoms with Crippen molar-refractivity contribution in [2.45, 2.75) is 0 Å². The van der Waals surface area contributed by atoms with E-state index in [1.165, 1.54) is 12.1 Å². The Kier molecular flexibility index (Phi) is 2.21. The second kappa shape index (κ2) is 3.38. The molecule has 0 N–H and O–H groups in total. The van der Waals surface area contributed by atoms with E-state index in [0.717, 1.165) is 0 Å². The van der Waals surface area contributed by atoms with E-state index >= 15 is 0 Å². The van der Waals surface area contributed by atoms with Gasteiger partial charge in [0, 0.05) is 12.6 Å². The molecule has 0 radical (unpaired) electrons. The van der Waals surface area contributed by atoms with Gasteiger partial charge in [-0.3, -0.25) is 4.68 Å². The van der Waals surface area contributed by atoms with E-state index in [1.807, 2.05) is 0 Å². The van der Waals surface area contributed by atoms with Crippen molar-refractivity contribution in [3.63, 3.8) is 0 Å². The number of benzene rings is 1. The molecule has 3 nitrogen and oxygen atoms in total. The second-order valence-corrected chi connectivity index (χ2v) is 3.28. The third kappa shape index (κ3) is 1.61. The largest absolute Gasteiger partial charge is 0.255 e. The summed E-state index contributed by atoms with van der Waals surface area (Å²) >= 11 is 5.63. The molecule has 1 heterocycles. The van der Waals surface area contributed by atoms with Crippen LogP contribution >= 0.6 is 11.6 Å². The molecule has 2 rings (SSSR count). The van der Waals surface area contributed by atoms with Crippen molar-refractivity contribution >= 4 is 11.6 Å². The predicted molar refractivity (Wildman–Crippen MR) is 51.4 cm³/mol. The first-order valence-corrected chi connectivity index (χ1v) is 4.35. The standard InChI is InChI=1S/C9H7ClFN3/c1-14-5-12-9(13-14)6-2-3-8(11)7(10)4-6/h2-5H,1H3. The summed E-state index contributed by atoms with van der Waals surface area (Å²) in [7, 11) is 1.77. The minimum Gasteiger partial charge on any atom is -0.255 e. The lowest BCUT2D eigenvalue weighted by Gasteiger charge is -1.97. The molecule has 0 aliphatic heterocycles. The van der Waals surface area contributed by atoms with Gasteiger partial charge in [-0.15, -0.1) is 0 Å². The van der Waals surface area contributed by atoms with E-state index in [-0.39, 0.29) is 5.02 Å². The van der Waals surface area contributed by atoms with Crippen LogP contribution in [0.4, 0.5) is 4.39 Å². The van der Waals surface area contributed by atoms with Crippen molar-refractivity contribution in [3.8, 4) is 11.4 Å². The van der Waals surface area contributed by atoms with Crippen molar-refractivity contribution in [2.24, 2.45) is 7.05 Å². The molecule has 0 unspecified atom stereocenters. The van der Waals surface area contributed by atoms with E-state index in [1.54, 1.807) is 24.1 Å². The van der Waals surface area contributed by atoms with Crippen LogP contribution in [0.25, 0.3) is 11.4 Å². The lowest BCUT2D eigenvalue weighted by molar-refractivity contribution is 0.628. The lowest BCUT2D eigenvalue weighted by Crippen LogP contribution is -1.88. The van der Waals surface area contributed by atoms with Crippen molar-refractivity contribution in [1.82, 2.24) is 14.8 Å². The van der Waals surface area contributed by atoms with Crippen molar-refractivity contribution in [2.75, 3.05) is 0 Å². The maximum absolute atomic E-state index is 12.8. The van der Waals surface area contributed by atoms with E-state index < -0.39 is 5.82 Å². The first kappa shape index (κ1) is 9.15. The fourth-order valence-corrected chi connectivity index (χ4v) is 1.29. The quantitative estimate of drug-likeness (QED) is 0.725. The lowest BCUT2D eigenvalue weighted by atomic mass is 10.2. The van der Waals surface area contributed by atoms with Gasteiger partial charge in [0.2, 0.25) is 0 Å². The molecular weight excluding hydrogens is 205 g/mol. The SMILES string of the molecule is Cn1cnc(-c2ccc(F)c(Cl)c2)n1. The Morgan fingerprint density at radius 1 is 1.43 bits per heavy atom. The highest BCUT2D eigenvalue weighted by molar-refractivity contribution is 6.31. The fraction of sp³-hybridized carbons (Fsp3) is 0.111. The van der Waals surface area contributed by atoms with Gasteiger partial charge in [-0.2, -0.15) is 5.10 Å². The van der Waals surface area contributed by atoms with Crippen molar-refractivity contribution in [1.29, 1.82) is 0 Å². The molecule has 14 heavy (non-hydrogen) atoms. The van der Waals surface area contributed by atoms with Crippen molar-refractivity contribution in [3.05, 3.63) is 35.4 Å². The molecule has 2 aromatic rings. The predicted octanol–water partition coefficient (Wildman–Crippen LogP) is 2.27. The Morgan fingerprint density at radius 3 is 2.79 bits per heavy atom. The topological polar surface area (TPSA) is 30.7 Å². The van der Waals surface area contributed by atoms with Crippen LogP contribution in [-0.2, 0) is 7.05 Å². The van der Waals surface area contributed by atoms with Crippen LogP contribution in [0.15, 0.2) is 24.5 Å². The third-order valence-electron chi connectivity index (χ3n) is 1.78. The molecule has 0 amide bonds. The number of rotatable bonds is 1. The summed E-state index contributed by atoms with van der Waals surface area (Å²) in [5, 5.41) is 4.15. The van der Waals surface area contributed by atoms with Gasteiger partial charge in [-0.05, 0) is 18.2 Å². The molecule has 0 fully saturated rings. The zero-order chi connectivity index (χ0) is 10.1. The third-order valence-corrected chi connectivity index (χ3v) is 2.07. The van der Waals surface area contributed by atoms with Crippen LogP contribution in [0.1, 0.15) is 0 Å².